The van der Waals surface area contributed by atoms with Gasteiger partial charge in [-0.15, -0.1) is 0 Å². The summed E-state index contributed by atoms with van der Waals surface area (Å²) in [5.41, 5.74) is 1.54. The van der Waals surface area contributed by atoms with Crippen molar-refractivity contribution >= 4 is 4.08 Å². The van der Waals surface area contributed by atoms with Crippen molar-refractivity contribution in [3.8, 4) is 0 Å². The standard InChI is InChI=1S/C9H14O.5CO.W/c1-8-3-5-9(6-4-8)7-10-2;5*1-2;/h3,9H,4-6H2,1-2H3;;;;;;. The van der Waals surface area contributed by atoms with Crippen molar-refractivity contribution in [1.29, 1.82) is 0 Å². The van der Waals surface area contributed by atoms with E-state index in [0.717, 1.165) is 0 Å². The summed E-state index contributed by atoms with van der Waals surface area (Å²) in [6.07, 6.45) is 6.08. The number of hydrogen-bond donors (Lipinski definition) is 0. The van der Waals surface area contributed by atoms with Gasteiger partial charge in [0.2, 0.25) is 0 Å². The van der Waals surface area contributed by atoms with Gasteiger partial charge in [0.15, 0.2) is 0 Å². The minimum absolute atomic E-state index is 0.707. The van der Waals surface area contributed by atoms with E-state index in [4.69, 9.17) is 28.0 Å². The molecule has 0 spiro atoms. The summed E-state index contributed by atoms with van der Waals surface area (Å²) >= 11 is 1.49. The van der Waals surface area contributed by atoms with Crippen molar-refractivity contribution in [1.82, 2.24) is 0 Å². The Morgan fingerprint density at radius 2 is 1.43 bits per heavy atom. The van der Waals surface area contributed by atoms with E-state index in [-0.39, 0.29) is 0 Å². The zero-order valence-electron chi connectivity index (χ0n) is 11.6. The van der Waals surface area contributed by atoms with Gasteiger partial charge in [-0.25, -0.2) is 0 Å². The topological polar surface area (TPSA) is 109 Å². The van der Waals surface area contributed by atoms with Gasteiger partial charge in [0.25, 0.3) is 0 Å². The summed E-state index contributed by atoms with van der Waals surface area (Å²) in [4.78, 5) is 0. The Morgan fingerprint density at radius 3 is 1.67 bits per heavy atom. The van der Waals surface area contributed by atoms with Crippen molar-refractivity contribution in [2.45, 2.75) is 26.2 Å². The second-order valence-electron chi connectivity index (χ2n) is 3.04. The maximum atomic E-state index is 7.50. The minimum atomic E-state index is 0.707. The fourth-order valence-electron chi connectivity index (χ4n) is 1.35. The molecule has 0 bridgehead atoms. The van der Waals surface area contributed by atoms with E-state index in [2.05, 4.69) is 46.3 Å². The summed E-state index contributed by atoms with van der Waals surface area (Å²) < 4.78 is 44.0. The molecule has 0 heterocycles. The first-order valence-electron chi connectivity index (χ1n) is 4.99. The molecule has 0 saturated carbocycles. The van der Waals surface area contributed by atoms with Crippen molar-refractivity contribution in [3.05, 3.63) is 44.9 Å². The molecule has 0 aromatic rings. The Hall–Kier alpha value is -1.04. The molecule has 0 aromatic carbocycles. The van der Waals surface area contributed by atoms with Gasteiger partial charge in [-0.05, 0) is 0 Å². The average Bonchev–Trinajstić information content (AvgIpc) is 2.63. The molecule has 1 rings (SSSR count). The van der Waals surface area contributed by atoms with E-state index >= 15 is 0 Å². The predicted molar refractivity (Wildman–Crippen MR) is 62.8 cm³/mol. The summed E-state index contributed by atoms with van der Waals surface area (Å²) in [6, 6.07) is 0. The van der Waals surface area contributed by atoms with Gasteiger partial charge in [0.1, 0.15) is 0 Å². The molecule has 0 N–H and O–H groups in total. The molecule has 7 heteroatoms. The van der Waals surface area contributed by atoms with Gasteiger partial charge in [0, 0.05) is 0 Å². The number of allylic oxidation sites excluding steroid dienone is 2. The van der Waals surface area contributed by atoms with E-state index in [0.29, 0.717) is 5.92 Å². The average molecular weight is 462 g/mol. The van der Waals surface area contributed by atoms with Crippen molar-refractivity contribution < 1.29 is 47.4 Å². The van der Waals surface area contributed by atoms with Gasteiger partial charge in [-0.2, -0.15) is 0 Å². The van der Waals surface area contributed by atoms with Crippen LogP contribution in [0.3, 0.4) is 0 Å². The fraction of sp³-hybridized carbons (Fsp3) is 0.429. The van der Waals surface area contributed by atoms with Crippen LogP contribution in [0.4, 0.5) is 0 Å². The molecule has 1 aliphatic rings. The Bertz CT molecular complexity index is 327. The van der Waals surface area contributed by atoms with E-state index in [1.54, 1.807) is 12.7 Å². The summed E-state index contributed by atoms with van der Waals surface area (Å²) in [6.45, 7) is 24.7. The van der Waals surface area contributed by atoms with Crippen LogP contribution in [0, 0.1) is 39.2 Å². The number of methoxy groups -OCH3 is 1. The molecule has 6 nitrogen and oxygen atoms in total. The number of hydrogen-bond acceptors (Lipinski definition) is 1. The Morgan fingerprint density at radius 1 is 1.05 bits per heavy atom. The molecule has 0 fully saturated rings. The van der Waals surface area contributed by atoms with Gasteiger partial charge in [0.05, 0.1) is 0 Å². The second-order valence-corrected chi connectivity index (χ2v) is 4.49. The van der Waals surface area contributed by atoms with E-state index in [1.807, 2.05) is 0 Å². The fourth-order valence-corrected chi connectivity index (χ4v) is 2.12. The van der Waals surface area contributed by atoms with E-state index < -0.39 is 0 Å². The molecule has 0 radical (unpaired) electrons. The van der Waals surface area contributed by atoms with Crippen LogP contribution in [0.25, 0.3) is 0 Å². The first-order valence-corrected chi connectivity index (χ1v) is 6.46. The molecule has 0 amide bonds. The summed E-state index contributed by atoms with van der Waals surface area (Å²) in [5, 5.41) is 0. The molecular formula is C14H14O6W. The van der Waals surface area contributed by atoms with E-state index in [9.17, 15) is 0 Å². The van der Waals surface area contributed by atoms with Crippen LogP contribution in [0.2, 0.25) is 0 Å². The van der Waals surface area contributed by atoms with Crippen molar-refractivity contribution in [3.63, 3.8) is 0 Å². The quantitative estimate of drug-likeness (QED) is 0.349. The van der Waals surface area contributed by atoms with Gasteiger partial charge in [-0.3, -0.25) is 0 Å². The van der Waals surface area contributed by atoms with Crippen LogP contribution < -0.4 is 0 Å². The predicted octanol–water partition coefficient (Wildman–Crippen LogP) is 1.87. The third-order valence-electron chi connectivity index (χ3n) is 2.17. The molecule has 21 heavy (non-hydrogen) atoms. The van der Waals surface area contributed by atoms with Crippen LogP contribution >= 0.6 is 0 Å². The van der Waals surface area contributed by atoms with Gasteiger partial charge in [-0.1, -0.05) is 0 Å². The maximum absolute atomic E-state index is 7.50. The third kappa shape index (κ3) is 24.4. The van der Waals surface area contributed by atoms with Crippen LogP contribution in [0.15, 0.2) is 11.6 Å². The first-order chi connectivity index (χ1) is 10.2. The molecule has 0 saturated heterocycles. The van der Waals surface area contributed by atoms with E-state index in [1.165, 1.54) is 42.7 Å². The Balaban J connectivity index is -0.0000000727. The van der Waals surface area contributed by atoms with Crippen molar-refractivity contribution in [2.75, 3.05) is 7.11 Å². The molecule has 1 unspecified atom stereocenters. The molecule has 112 valence electrons. The SMILES string of the molecule is CO[C](=[W])C1CC=C(C)CC1.[C-]#[O+].[C-]#[O+].[C-]#[O+].[C-]#[O+].[C-]#[O+]. The third-order valence-corrected chi connectivity index (χ3v) is 3.97. The molecule has 1 atom stereocenters. The number of ether oxygens (including phenoxy) is 1. The van der Waals surface area contributed by atoms with Gasteiger partial charge < -0.3 is 0 Å². The van der Waals surface area contributed by atoms with Gasteiger partial charge >= 0.3 is 136 Å². The van der Waals surface area contributed by atoms with Crippen LogP contribution in [0.5, 0.6) is 0 Å². The monoisotopic (exact) mass is 462 g/mol. The molecule has 0 aliphatic heterocycles. The normalized spacial score (nSPS) is 13.3. The van der Waals surface area contributed by atoms with Crippen molar-refractivity contribution in [2.24, 2.45) is 5.92 Å². The zero-order valence-corrected chi connectivity index (χ0v) is 14.6. The first kappa shape index (κ1) is 32.1. The van der Waals surface area contributed by atoms with Crippen LogP contribution in [-0.2, 0) is 47.4 Å². The Labute approximate surface area is 135 Å². The number of rotatable bonds is 2. The Kier molecular flexibility index (Phi) is 55.6. The molecular weight excluding hydrogens is 448 g/mol. The second kappa shape index (κ2) is 36.4. The summed E-state index contributed by atoms with van der Waals surface area (Å²) in [5.74, 6) is 0.707. The molecule has 0 aromatic heterocycles. The summed E-state index contributed by atoms with van der Waals surface area (Å²) in [7, 11) is 1.79. The van der Waals surface area contributed by atoms with Crippen LogP contribution in [-0.4, -0.2) is 11.2 Å². The zero-order chi connectivity index (χ0) is 18.3. The molecule has 1 aliphatic carbocycles. The van der Waals surface area contributed by atoms with Crippen LogP contribution in [0.1, 0.15) is 26.2 Å².